The van der Waals surface area contributed by atoms with Gasteiger partial charge in [0.1, 0.15) is 16.5 Å². The van der Waals surface area contributed by atoms with E-state index in [1.165, 1.54) is 17.4 Å². The van der Waals surface area contributed by atoms with E-state index in [0.717, 1.165) is 22.8 Å². The first-order chi connectivity index (χ1) is 14.0. The normalized spacial score (nSPS) is 24.6. The molecule has 0 radical (unpaired) electrons. The van der Waals surface area contributed by atoms with Crippen LogP contribution in [-0.2, 0) is 4.79 Å². The molecular weight excluding hydrogens is 556 g/mol. The Kier molecular flexibility index (Phi) is 4.60. The second kappa shape index (κ2) is 6.85. The van der Waals surface area contributed by atoms with Crippen LogP contribution in [0.2, 0.25) is 0 Å². The van der Waals surface area contributed by atoms with E-state index in [4.69, 9.17) is 4.98 Å². The Hall–Kier alpha value is -1.80. The second-order valence-electron chi connectivity index (χ2n) is 8.08. The standard InChI is InChI=1S/C20H16FN5O2S.Dy/c21-10-5-12-13(7-23-14(12)22-6-10)15-24-16(11-1-4-29-17(11)25-15)26-20-3-2-19(8-20,9-20)18(27)28;/h1,4-7H,2-3,8-9H2,(H3,22,23,24,25,26,27,28);/p-1. The van der Waals surface area contributed by atoms with Gasteiger partial charge in [-0.05, 0) is 54.8 Å². The Balaban J connectivity index is 0.00000193. The third-order valence-corrected chi connectivity index (χ3v) is 7.08. The van der Waals surface area contributed by atoms with Gasteiger partial charge in [0.05, 0.1) is 10.8 Å². The van der Waals surface area contributed by atoms with Gasteiger partial charge in [-0.15, -0.1) is 11.3 Å². The van der Waals surface area contributed by atoms with E-state index in [1.54, 1.807) is 6.20 Å². The molecule has 7 nitrogen and oxygen atoms in total. The summed E-state index contributed by atoms with van der Waals surface area (Å²) in [6.45, 7) is 0. The van der Waals surface area contributed by atoms with Crippen LogP contribution in [0.1, 0.15) is 25.7 Å². The second-order valence-corrected chi connectivity index (χ2v) is 8.97. The summed E-state index contributed by atoms with van der Waals surface area (Å²) in [5.41, 5.74) is 0.248. The number of fused-ring (bicyclic) bond motifs is 3. The van der Waals surface area contributed by atoms with Crippen LogP contribution in [0.5, 0.6) is 0 Å². The first kappa shape index (κ1) is 20.1. The molecule has 4 aromatic heterocycles. The Labute approximate surface area is 204 Å². The first-order valence-corrected chi connectivity index (χ1v) is 10.2. The van der Waals surface area contributed by atoms with Gasteiger partial charge >= 0.3 is 5.97 Å². The van der Waals surface area contributed by atoms with Gasteiger partial charge in [0, 0.05) is 49.3 Å². The van der Waals surface area contributed by atoms with Crippen LogP contribution >= 0.6 is 11.3 Å². The molecule has 0 spiro atoms. The monoisotopic (exact) mass is 572 g/mol. The maximum absolute atomic E-state index is 13.7. The minimum Gasteiger partial charge on any atom is -0.481 e. The van der Waals surface area contributed by atoms with Crippen LogP contribution in [-0.4, -0.2) is 31.6 Å². The molecule has 0 unspecified atom stereocenters. The molecule has 10 heteroatoms. The number of carboxylic acid groups (broad SMARTS) is 1. The van der Waals surface area contributed by atoms with E-state index in [1.807, 2.05) is 11.4 Å². The summed E-state index contributed by atoms with van der Waals surface area (Å²) in [6, 6.07) is 3.35. The van der Waals surface area contributed by atoms with Crippen molar-refractivity contribution in [1.82, 2.24) is 19.9 Å². The Bertz CT molecular complexity index is 1310. The maximum atomic E-state index is 13.7. The van der Waals surface area contributed by atoms with Crippen LogP contribution < -0.4 is 10.3 Å². The molecule has 2 N–H and O–H groups in total. The number of carboxylic acids is 1. The number of pyridine rings is 1. The smallest absolute Gasteiger partial charge is 0.309 e. The number of rotatable bonds is 4. The third-order valence-electron chi connectivity index (χ3n) is 6.28. The van der Waals surface area contributed by atoms with Gasteiger partial charge in [0.15, 0.2) is 5.82 Å². The summed E-state index contributed by atoms with van der Waals surface area (Å²) in [6.07, 6.45) is 5.46. The summed E-state index contributed by atoms with van der Waals surface area (Å²) in [7, 11) is 0. The van der Waals surface area contributed by atoms with E-state index in [9.17, 15) is 14.3 Å². The number of anilines is 1. The van der Waals surface area contributed by atoms with Gasteiger partial charge in [-0.1, -0.05) is 11.8 Å². The molecule has 4 aromatic rings. The molecule has 2 bridgehead atoms. The van der Waals surface area contributed by atoms with Crippen molar-refractivity contribution in [2.75, 3.05) is 5.32 Å². The molecular formula is C20H15DyFN5O2S-. The van der Waals surface area contributed by atoms with Gasteiger partial charge < -0.3 is 20.4 Å². The number of halogens is 1. The minimum atomic E-state index is -0.708. The molecule has 0 saturated heterocycles. The predicted octanol–water partition coefficient (Wildman–Crippen LogP) is 3.81. The van der Waals surface area contributed by atoms with Crippen molar-refractivity contribution in [2.45, 2.75) is 31.2 Å². The van der Waals surface area contributed by atoms with Crippen molar-refractivity contribution in [3.05, 3.63) is 35.7 Å². The van der Waals surface area contributed by atoms with Crippen LogP contribution in [0.4, 0.5) is 10.2 Å². The average Bonchev–Trinajstić information content (AvgIpc) is 3.42. The molecule has 3 fully saturated rings. The number of thiophene rings is 1. The number of hydrogen-bond donors (Lipinski definition) is 2. The largest absolute Gasteiger partial charge is 0.481 e. The van der Waals surface area contributed by atoms with Crippen molar-refractivity contribution in [3.63, 3.8) is 0 Å². The molecule has 0 amide bonds. The number of hydrogen-bond acceptors (Lipinski definition) is 6. The van der Waals surface area contributed by atoms with Crippen molar-refractivity contribution < 1.29 is 52.5 Å². The molecule has 3 saturated carbocycles. The van der Waals surface area contributed by atoms with E-state index < -0.39 is 17.2 Å². The van der Waals surface area contributed by atoms with Gasteiger partial charge in [-0.3, -0.25) is 4.79 Å². The van der Waals surface area contributed by atoms with Crippen LogP contribution in [0, 0.1) is 49.4 Å². The SMILES string of the molecule is O=C(O)C12CCC(Nc3nc(-c4c[n-]c5ncc(F)cc45)nc4sccc34)(C1)C2.[Dy]. The minimum absolute atomic E-state index is 0. The molecule has 30 heavy (non-hydrogen) atoms. The van der Waals surface area contributed by atoms with Gasteiger partial charge in [0.2, 0.25) is 0 Å². The molecule has 156 valence electrons. The van der Waals surface area contributed by atoms with Gasteiger partial charge in [-0.25, -0.2) is 14.4 Å². The van der Waals surface area contributed by atoms with Crippen LogP contribution in [0.3, 0.4) is 0 Å². The molecule has 0 atom stereocenters. The zero-order valence-corrected chi connectivity index (χ0v) is 18.3. The quantitative estimate of drug-likeness (QED) is 0.385. The summed E-state index contributed by atoms with van der Waals surface area (Å²) in [4.78, 5) is 30.1. The van der Waals surface area contributed by atoms with Crippen molar-refractivity contribution in [3.8, 4) is 11.4 Å². The molecule has 3 aliphatic rings. The van der Waals surface area contributed by atoms with Crippen LogP contribution in [0.25, 0.3) is 32.6 Å². The third kappa shape index (κ3) is 2.87. The number of nitrogens with one attached hydrogen (secondary N) is 1. The predicted molar refractivity (Wildman–Crippen MR) is 106 cm³/mol. The topological polar surface area (TPSA) is 102 Å². The Morgan fingerprint density at radius 1 is 1.27 bits per heavy atom. The van der Waals surface area contributed by atoms with Gasteiger partial charge in [-0.2, -0.15) is 0 Å². The fourth-order valence-corrected chi connectivity index (χ4v) is 5.68. The molecule has 3 aliphatic carbocycles. The maximum Gasteiger partial charge on any atom is 0.309 e. The van der Waals surface area contributed by atoms with E-state index in [-0.39, 0.29) is 43.7 Å². The van der Waals surface area contributed by atoms with Crippen molar-refractivity contribution >= 4 is 44.4 Å². The van der Waals surface area contributed by atoms with Gasteiger partial charge in [0.25, 0.3) is 0 Å². The number of nitrogens with zero attached hydrogens (tertiary/aromatic N) is 4. The summed E-state index contributed by atoms with van der Waals surface area (Å²) < 4.78 is 13.7. The number of aromatic nitrogens is 4. The average molecular weight is 571 g/mol. The van der Waals surface area contributed by atoms with Crippen molar-refractivity contribution in [1.29, 1.82) is 0 Å². The van der Waals surface area contributed by atoms with E-state index in [2.05, 4.69) is 20.3 Å². The molecule has 4 heterocycles. The molecule has 7 rings (SSSR count). The summed E-state index contributed by atoms with van der Waals surface area (Å²) >= 11 is 1.50. The summed E-state index contributed by atoms with van der Waals surface area (Å²) in [5.74, 6) is -0.00613. The Morgan fingerprint density at radius 2 is 2.10 bits per heavy atom. The summed E-state index contributed by atoms with van der Waals surface area (Å²) in [5, 5.41) is 16.5. The number of carbonyl (C=O) groups is 1. The zero-order chi connectivity index (χ0) is 19.8. The van der Waals surface area contributed by atoms with Crippen molar-refractivity contribution in [2.24, 2.45) is 5.41 Å². The fraction of sp³-hybridized carbons (Fsp3) is 0.300. The zero-order valence-electron chi connectivity index (χ0n) is 15.5. The van der Waals surface area contributed by atoms with E-state index in [0.29, 0.717) is 47.5 Å². The fourth-order valence-electron chi connectivity index (χ4n) is 4.91. The molecule has 0 aliphatic heterocycles. The Morgan fingerprint density at radius 3 is 2.87 bits per heavy atom. The van der Waals surface area contributed by atoms with Crippen LogP contribution in [0.15, 0.2) is 29.9 Å². The van der Waals surface area contributed by atoms with E-state index >= 15 is 0 Å². The first-order valence-electron chi connectivity index (χ1n) is 9.31. The molecule has 0 aromatic carbocycles. The number of aliphatic carboxylic acids is 1.